The predicted octanol–water partition coefficient (Wildman–Crippen LogP) is 2.22. The van der Waals surface area contributed by atoms with Crippen LogP contribution in [0.1, 0.15) is 35.1 Å². The summed E-state index contributed by atoms with van der Waals surface area (Å²) < 4.78 is 6.58. The minimum absolute atomic E-state index is 0.269. The molecule has 2 aromatic rings. The lowest BCUT2D eigenvalue weighted by Crippen LogP contribution is -2.46. The maximum absolute atomic E-state index is 12.7. The Bertz CT molecular complexity index is 828. The number of ether oxygens (including phenoxy) is 1. The number of imidazole rings is 1. The number of carbonyl (C=O) groups excluding carboxylic acids is 2. The Morgan fingerprint density at radius 2 is 1.89 bits per heavy atom. The summed E-state index contributed by atoms with van der Waals surface area (Å²) >= 11 is 0. The summed E-state index contributed by atoms with van der Waals surface area (Å²) in [7, 11) is 1.32. The Labute approximate surface area is 158 Å². The van der Waals surface area contributed by atoms with Crippen LogP contribution in [-0.2, 0) is 41.8 Å². The number of carbonyl (C=O) groups is 2. The van der Waals surface area contributed by atoms with E-state index in [9.17, 15) is 9.59 Å². The van der Waals surface area contributed by atoms with Gasteiger partial charge in [0.1, 0.15) is 6.04 Å². The van der Waals surface area contributed by atoms with Crippen molar-refractivity contribution in [3.63, 3.8) is 0 Å². The molecule has 2 amide bonds. The molecule has 0 saturated heterocycles. The summed E-state index contributed by atoms with van der Waals surface area (Å²) in [5.41, 5.74) is 6.19. The first-order valence-electron chi connectivity index (χ1n) is 9.43. The lowest BCUT2D eigenvalue weighted by molar-refractivity contribution is -0.143. The first-order chi connectivity index (χ1) is 13.2. The van der Waals surface area contributed by atoms with Gasteiger partial charge in [-0.1, -0.05) is 6.07 Å². The Hall–Kier alpha value is -2.83. The number of nitrogens with one attached hydrogen (secondary N) is 2. The van der Waals surface area contributed by atoms with Crippen LogP contribution in [0.25, 0.3) is 0 Å². The fourth-order valence-electron chi connectivity index (χ4n) is 4.20. The molecule has 142 valence electrons. The maximum atomic E-state index is 12.7. The minimum atomic E-state index is -0.783. The van der Waals surface area contributed by atoms with Crippen LogP contribution in [0, 0.1) is 0 Å². The molecule has 7 nitrogen and oxygen atoms in total. The summed E-state index contributed by atoms with van der Waals surface area (Å²) in [6.45, 7) is 0.269. The van der Waals surface area contributed by atoms with Crippen molar-refractivity contribution in [2.24, 2.45) is 0 Å². The summed E-state index contributed by atoms with van der Waals surface area (Å²) in [6.07, 6.45) is 11.4. The Morgan fingerprint density at radius 1 is 1.19 bits per heavy atom. The van der Waals surface area contributed by atoms with Gasteiger partial charge in [-0.2, -0.15) is 0 Å². The van der Waals surface area contributed by atoms with Gasteiger partial charge in [0.25, 0.3) is 0 Å². The van der Waals surface area contributed by atoms with Crippen LogP contribution in [0.2, 0.25) is 0 Å². The van der Waals surface area contributed by atoms with E-state index in [-0.39, 0.29) is 12.6 Å². The van der Waals surface area contributed by atoms with Gasteiger partial charge in [-0.25, -0.2) is 14.6 Å². The van der Waals surface area contributed by atoms with Crippen molar-refractivity contribution in [1.82, 2.24) is 14.9 Å². The quantitative estimate of drug-likeness (QED) is 0.793. The normalized spacial score (nSPS) is 15.7. The molecule has 0 spiro atoms. The summed E-state index contributed by atoms with van der Waals surface area (Å²) in [6, 6.07) is 1.17. The zero-order chi connectivity index (χ0) is 18.8. The van der Waals surface area contributed by atoms with Crippen molar-refractivity contribution in [3.05, 3.63) is 47.0 Å². The van der Waals surface area contributed by atoms with E-state index in [0.717, 1.165) is 44.2 Å². The number of aryl methyl sites for hydroxylation is 2. The van der Waals surface area contributed by atoms with Gasteiger partial charge >= 0.3 is 12.0 Å². The third-order valence-corrected chi connectivity index (χ3v) is 5.46. The first kappa shape index (κ1) is 17.6. The monoisotopic (exact) mass is 368 g/mol. The van der Waals surface area contributed by atoms with Gasteiger partial charge in [-0.3, -0.25) is 0 Å². The number of hydrogen-bond donors (Lipinski definition) is 2. The third-order valence-electron chi connectivity index (χ3n) is 5.46. The smallest absolute Gasteiger partial charge is 0.330 e. The molecule has 2 aliphatic carbocycles. The third kappa shape index (κ3) is 3.54. The number of esters is 1. The van der Waals surface area contributed by atoms with E-state index in [2.05, 4.69) is 21.7 Å². The molecule has 0 fully saturated rings. The van der Waals surface area contributed by atoms with Gasteiger partial charge in [0.05, 0.1) is 20.0 Å². The molecule has 2 aliphatic rings. The first-order valence-corrected chi connectivity index (χ1v) is 9.43. The van der Waals surface area contributed by atoms with Gasteiger partial charge in [-0.05, 0) is 60.8 Å². The fraction of sp³-hybridized carbons (Fsp3) is 0.450. The Balaban J connectivity index is 1.53. The molecule has 7 heteroatoms. The minimum Gasteiger partial charge on any atom is -0.467 e. The second-order valence-corrected chi connectivity index (χ2v) is 7.17. The van der Waals surface area contributed by atoms with Crippen LogP contribution in [0.4, 0.5) is 10.5 Å². The molecular formula is C20H24N4O3. The lowest BCUT2D eigenvalue weighted by atomic mass is 9.99. The second-order valence-electron chi connectivity index (χ2n) is 7.17. The van der Waals surface area contributed by atoms with Crippen molar-refractivity contribution in [1.29, 1.82) is 0 Å². The number of rotatable bonds is 5. The lowest BCUT2D eigenvalue weighted by Gasteiger charge is -2.20. The van der Waals surface area contributed by atoms with Crippen LogP contribution in [0.5, 0.6) is 0 Å². The van der Waals surface area contributed by atoms with Gasteiger partial charge < -0.3 is 19.9 Å². The molecule has 0 saturated carbocycles. The SMILES string of the molecule is COC(=O)C(Cn1ccnc1)NC(=O)Nc1c2c(cc3c1CCC3)CCC2. The highest BCUT2D eigenvalue weighted by Crippen LogP contribution is 2.38. The van der Waals surface area contributed by atoms with E-state index in [1.165, 1.54) is 29.4 Å². The van der Waals surface area contributed by atoms with Crippen LogP contribution < -0.4 is 10.6 Å². The highest BCUT2D eigenvalue weighted by atomic mass is 16.5. The van der Waals surface area contributed by atoms with Crippen molar-refractivity contribution < 1.29 is 14.3 Å². The van der Waals surface area contributed by atoms with Crippen LogP contribution in [-0.4, -0.2) is 34.7 Å². The average molecular weight is 368 g/mol. The van der Waals surface area contributed by atoms with Crippen LogP contribution in [0.15, 0.2) is 24.8 Å². The summed E-state index contributed by atoms with van der Waals surface area (Å²) in [5, 5.41) is 5.81. The molecule has 0 radical (unpaired) electrons. The van der Waals surface area contributed by atoms with Crippen molar-refractivity contribution in [3.8, 4) is 0 Å². The Kier molecular flexibility index (Phi) is 4.83. The largest absolute Gasteiger partial charge is 0.467 e. The molecule has 0 bridgehead atoms. The number of aromatic nitrogens is 2. The number of hydrogen-bond acceptors (Lipinski definition) is 4. The molecule has 0 aliphatic heterocycles. The van der Waals surface area contributed by atoms with Gasteiger partial charge in [0.15, 0.2) is 0 Å². The molecule has 4 rings (SSSR count). The average Bonchev–Trinajstić information content (AvgIpc) is 3.41. The zero-order valence-corrected chi connectivity index (χ0v) is 15.5. The van der Waals surface area contributed by atoms with E-state index in [1.54, 1.807) is 23.3 Å². The van der Waals surface area contributed by atoms with E-state index in [4.69, 9.17) is 4.74 Å². The van der Waals surface area contributed by atoms with E-state index in [0.29, 0.717) is 0 Å². The van der Waals surface area contributed by atoms with E-state index < -0.39 is 12.0 Å². The molecule has 1 atom stereocenters. The molecule has 1 unspecified atom stereocenters. The summed E-state index contributed by atoms with van der Waals surface area (Å²) in [4.78, 5) is 28.8. The number of nitrogens with zero attached hydrogens (tertiary/aromatic N) is 2. The molecule has 1 aromatic carbocycles. The van der Waals surface area contributed by atoms with Crippen LogP contribution >= 0.6 is 0 Å². The number of fused-ring (bicyclic) bond motifs is 2. The van der Waals surface area contributed by atoms with Crippen molar-refractivity contribution in [2.75, 3.05) is 12.4 Å². The molecular weight excluding hydrogens is 344 g/mol. The number of amides is 2. The number of benzene rings is 1. The molecule has 1 aromatic heterocycles. The molecule has 27 heavy (non-hydrogen) atoms. The number of urea groups is 1. The molecule has 1 heterocycles. The molecule has 2 N–H and O–H groups in total. The van der Waals surface area contributed by atoms with Gasteiger partial charge in [0, 0.05) is 18.1 Å². The Morgan fingerprint density at radius 3 is 2.48 bits per heavy atom. The fourth-order valence-corrected chi connectivity index (χ4v) is 4.20. The highest BCUT2D eigenvalue weighted by Gasteiger charge is 2.27. The second kappa shape index (κ2) is 7.42. The van der Waals surface area contributed by atoms with Crippen LogP contribution in [0.3, 0.4) is 0 Å². The number of methoxy groups -OCH3 is 1. The van der Waals surface area contributed by atoms with Crippen molar-refractivity contribution >= 4 is 17.7 Å². The summed E-state index contributed by atoms with van der Waals surface area (Å²) in [5.74, 6) is -0.484. The predicted molar refractivity (Wildman–Crippen MR) is 101 cm³/mol. The van der Waals surface area contributed by atoms with Gasteiger partial charge in [-0.15, -0.1) is 0 Å². The van der Waals surface area contributed by atoms with E-state index >= 15 is 0 Å². The highest BCUT2D eigenvalue weighted by molar-refractivity contribution is 5.94. The van der Waals surface area contributed by atoms with E-state index in [1.807, 2.05) is 0 Å². The standard InChI is InChI=1S/C20H24N4O3/c1-27-19(25)17(11-24-9-8-21-12-24)22-20(26)23-18-15-6-2-4-13(15)10-14-5-3-7-16(14)18/h8-10,12,17H,2-7,11H2,1H3,(H2,22,23,26). The van der Waals surface area contributed by atoms with Gasteiger partial charge in [0.2, 0.25) is 0 Å². The topological polar surface area (TPSA) is 85.2 Å². The number of anilines is 1. The maximum Gasteiger partial charge on any atom is 0.330 e. The van der Waals surface area contributed by atoms with Crippen molar-refractivity contribution in [2.45, 2.75) is 51.1 Å². The zero-order valence-electron chi connectivity index (χ0n) is 15.5.